The Balaban J connectivity index is 2.11. The molecule has 9 nitrogen and oxygen atoms in total. The Morgan fingerprint density at radius 2 is 2.39 bits per heavy atom. The number of rotatable bonds is 4. The highest BCUT2D eigenvalue weighted by Crippen LogP contribution is 2.16. The first-order chi connectivity index (χ1) is 8.60. The van der Waals surface area contributed by atoms with E-state index in [2.05, 4.69) is 15.0 Å². The molecular formula is C9H8N4O5. The average molecular weight is 252 g/mol. The van der Waals surface area contributed by atoms with Crippen molar-refractivity contribution in [1.29, 1.82) is 0 Å². The molecule has 0 bridgehead atoms. The number of ether oxygens (including phenoxy) is 1. The number of carbonyl (C=O) groups excluding carboxylic acids is 1. The lowest BCUT2D eigenvalue weighted by molar-refractivity contribution is -0.402. The number of aromatic nitrogens is 3. The molecule has 0 aliphatic carbocycles. The third-order valence-corrected chi connectivity index (χ3v) is 2.08. The van der Waals surface area contributed by atoms with Gasteiger partial charge < -0.3 is 9.15 Å². The van der Waals surface area contributed by atoms with Crippen LogP contribution >= 0.6 is 0 Å². The topological polar surface area (TPSA) is 113 Å². The summed E-state index contributed by atoms with van der Waals surface area (Å²) in [4.78, 5) is 20.9. The van der Waals surface area contributed by atoms with Crippen LogP contribution in [0.15, 0.2) is 22.7 Å². The van der Waals surface area contributed by atoms with Gasteiger partial charge in [-0.3, -0.25) is 10.1 Å². The molecule has 18 heavy (non-hydrogen) atoms. The van der Waals surface area contributed by atoms with Crippen LogP contribution in [-0.4, -0.2) is 33.0 Å². The van der Waals surface area contributed by atoms with Gasteiger partial charge in [0.1, 0.15) is 17.2 Å². The average Bonchev–Trinajstić information content (AvgIpc) is 2.98. The maximum Gasteiger partial charge on any atom is 0.433 e. The van der Waals surface area contributed by atoms with Gasteiger partial charge >= 0.3 is 11.9 Å². The number of esters is 1. The van der Waals surface area contributed by atoms with Crippen molar-refractivity contribution in [2.75, 3.05) is 7.11 Å². The van der Waals surface area contributed by atoms with Gasteiger partial charge in [-0.15, -0.1) is 5.10 Å². The fraction of sp³-hybridized carbons (Fsp3) is 0.222. The van der Waals surface area contributed by atoms with Crippen molar-refractivity contribution >= 4 is 11.9 Å². The molecule has 2 aromatic heterocycles. The normalized spacial score (nSPS) is 10.3. The van der Waals surface area contributed by atoms with E-state index in [1.54, 1.807) is 0 Å². The molecule has 0 unspecified atom stereocenters. The Hall–Kier alpha value is -2.71. The van der Waals surface area contributed by atoms with Crippen LogP contribution in [0.4, 0.5) is 5.88 Å². The molecule has 0 fully saturated rings. The van der Waals surface area contributed by atoms with Gasteiger partial charge in [-0.2, -0.15) is 0 Å². The summed E-state index contributed by atoms with van der Waals surface area (Å²) in [5.41, 5.74) is 0.0542. The second kappa shape index (κ2) is 4.65. The standard InChI is InChI=1S/C9H8N4O5/c1-17-9(14)7-5-12(11-10-7)4-6-2-3-8(18-6)13(15)16/h2-3,5H,4H2,1H3. The van der Waals surface area contributed by atoms with Crippen LogP contribution in [0, 0.1) is 10.1 Å². The number of hydrogen-bond donors (Lipinski definition) is 0. The van der Waals surface area contributed by atoms with E-state index >= 15 is 0 Å². The number of hydrogen-bond acceptors (Lipinski definition) is 7. The Morgan fingerprint density at radius 1 is 1.61 bits per heavy atom. The summed E-state index contributed by atoms with van der Waals surface area (Å²) < 4.78 is 10.7. The second-order valence-corrected chi connectivity index (χ2v) is 3.29. The molecule has 2 heterocycles. The minimum atomic E-state index is -0.634. The lowest BCUT2D eigenvalue weighted by Gasteiger charge is -1.94. The summed E-state index contributed by atoms with van der Waals surface area (Å²) >= 11 is 0. The molecule has 0 amide bonds. The molecule has 0 N–H and O–H groups in total. The van der Waals surface area contributed by atoms with Crippen LogP contribution in [-0.2, 0) is 11.3 Å². The zero-order valence-corrected chi connectivity index (χ0v) is 9.27. The van der Waals surface area contributed by atoms with Crippen LogP contribution in [0.25, 0.3) is 0 Å². The molecule has 0 aromatic carbocycles. The third-order valence-electron chi connectivity index (χ3n) is 2.08. The van der Waals surface area contributed by atoms with Crippen molar-refractivity contribution in [3.05, 3.63) is 39.9 Å². The molecule has 0 radical (unpaired) electrons. The largest absolute Gasteiger partial charge is 0.464 e. The Morgan fingerprint density at radius 3 is 3.00 bits per heavy atom. The summed E-state index contributed by atoms with van der Waals surface area (Å²) in [7, 11) is 1.23. The molecule has 0 aliphatic rings. The van der Waals surface area contributed by atoms with Crippen LogP contribution in [0.3, 0.4) is 0 Å². The fourth-order valence-corrected chi connectivity index (χ4v) is 1.28. The van der Waals surface area contributed by atoms with E-state index in [9.17, 15) is 14.9 Å². The van der Waals surface area contributed by atoms with Crippen molar-refractivity contribution in [2.24, 2.45) is 0 Å². The van der Waals surface area contributed by atoms with Crippen molar-refractivity contribution in [2.45, 2.75) is 6.54 Å². The molecule has 0 saturated heterocycles. The summed E-state index contributed by atoms with van der Waals surface area (Å²) in [6.45, 7) is 0.137. The second-order valence-electron chi connectivity index (χ2n) is 3.29. The first kappa shape index (κ1) is 11.8. The maximum atomic E-state index is 11.1. The lowest BCUT2D eigenvalue weighted by Crippen LogP contribution is -2.01. The number of furan rings is 1. The SMILES string of the molecule is COC(=O)c1cn(Cc2ccc([N+](=O)[O-])o2)nn1. The Labute approximate surface area is 100 Å². The first-order valence-corrected chi connectivity index (χ1v) is 4.81. The van der Waals surface area contributed by atoms with Gasteiger partial charge in [0.05, 0.1) is 19.4 Å². The minimum absolute atomic E-state index is 0.0542. The number of nitro groups is 1. The highest BCUT2D eigenvalue weighted by molar-refractivity contribution is 5.86. The molecule has 2 rings (SSSR count). The van der Waals surface area contributed by atoms with Gasteiger partial charge in [0.2, 0.25) is 0 Å². The van der Waals surface area contributed by atoms with Crippen molar-refractivity contribution in [3.8, 4) is 0 Å². The van der Waals surface area contributed by atoms with Crippen LogP contribution in [0.1, 0.15) is 16.2 Å². The summed E-state index contributed by atoms with van der Waals surface area (Å²) in [6, 6.07) is 2.70. The maximum absolute atomic E-state index is 11.1. The van der Waals surface area contributed by atoms with Gasteiger partial charge in [-0.25, -0.2) is 9.48 Å². The fourth-order valence-electron chi connectivity index (χ4n) is 1.28. The van der Waals surface area contributed by atoms with Crippen molar-refractivity contribution in [3.63, 3.8) is 0 Å². The van der Waals surface area contributed by atoms with E-state index in [0.717, 1.165) is 0 Å². The monoisotopic (exact) mass is 252 g/mol. The smallest absolute Gasteiger partial charge is 0.433 e. The third kappa shape index (κ3) is 2.34. The van der Waals surface area contributed by atoms with E-state index in [1.807, 2.05) is 0 Å². The molecule has 0 saturated carbocycles. The lowest BCUT2D eigenvalue weighted by atomic mass is 10.4. The van der Waals surface area contributed by atoms with Crippen LogP contribution in [0.5, 0.6) is 0 Å². The molecule has 0 spiro atoms. The predicted molar refractivity (Wildman–Crippen MR) is 55.8 cm³/mol. The van der Waals surface area contributed by atoms with Crippen molar-refractivity contribution in [1.82, 2.24) is 15.0 Å². The van der Waals surface area contributed by atoms with Crippen molar-refractivity contribution < 1.29 is 18.9 Å². The molecule has 2 aromatic rings. The van der Waals surface area contributed by atoms with Gasteiger partial charge in [0.25, 0.3) is 0 Å². The van der Waals surface area contributed by atoms with Crippen LogP contribution < -0.4 is 0 Å². The highest BCUT2D eigenvalue weighted by atomic mass is 16.6. The number of carbonyl (C=O) groups is 1. The molecular weight excluding hydrogens is 244 g/mol. The van der Waals surface area contributed by atoms with E-state index in [4.69, 9.17) is 4.42 Å². The quantitative estimate of drug-likeness (QED) is 0.445. The summed E-state index contributed by atoms with van der Waals surface area (Å²) in [5.74, 6) is -0.618. The zero-order valence-electron chi connectivity index (χ0n) is 9.27. The van der Waals surface area contributed by atoms with Gasteiger partial charge in [-0.05, 0) is 6.07 Å². The Kier molecular flexibility index (Phi) is 3.04. The predicted octanol–water partition coefficient (Wildman–Crippen LogP) is 0.614. The molecule has 0 aliphatic heterocycles. The van der Waals surface area contributed by atoms with E-state index < -0.39 is 10.9 Å². The summed E-state index contributed by atoms with van der Waals surface area (Å²) in [5, 5.41) is 17.7. The van der Waals surface area contributed by atoms with E-state index in [-0.39, 0.29) is 18.1 Å². The number of nitrogens with zero attached hydrogens (tertiary/aromatic N) is 4. The first-order valence-electron chi connectivity index (χ1n) is 4.81. The number of methoxy groups -OCH3 is 1. The molecule has 9 heteroatoms. The minimum Gasteiger partial charge on any atom is -0.464 e. The van der Waals surface area contributed by atoms with E-state index in [1.165, 1.54) is 30.1 Å². The van der Waals surface area contributed by atoms with E-state index in [0.29, 0.717) is 5.76 Å². The van der Waals surface area contributed by atoms with Gasteiger partial charge in [0, 0.05) is 0 Å². The van der Waals surface area contributed by atoms with Gasteiger partial charge in [-0.1, -0.05) is 5.21 Å². The summed E-state index contributed by atoms with van der Waals surface area (Å²) in [6.07, 6.45) is 1.36. The zero-order chi connectivity index (χ0) is 13.1. The van der Waals surface area contributed by atoms with Gasteiger partial charge in [0.15, 0.2) is 5.69 Å². The molecule has 94 valence electrons. The Bertz CT molecular complexity index is 587. The highest BCUT2D eigenvalue weighted by Gasteiger charge is 2.14. The molecule has 0 atom stereocenters. The van der Waals surface area contributed by atoms with Crippen LogP contribution in [0.2, 0.25) is 0 Å².